The first-order chi connectivity index (χ1) is 9.28. The monoisotopic (exact) mass is 278 g/mol. The fourth-order valence-corrected chi connectivity index (χ4v) is 1.93. The second-order valence-electron chi connectivity index (χ2n) is 5.63. The van der Waals surface area contributed by atoms with Crippen molar-refractivity contribution in [2.24, 2.45) is 5.73 Å². The van der Waals surface area contributed by atoms with Crippen molar-refractivity contribution >= 4 is 11.9 Å². The van der Waals surface area contributed by atoms with Gasteiger partial charge in [-0.05, 0) is 25.8 Å². The van der Waals surface area contributed by atoms with E-state index < -0.39 is 11.5 Å². The maximum absolute atomic E-state index is 11.9. The van der Waals surface area contributed by atoms with Crippen LogP contribution >= 0.6 is 0 Å². The normalized spacial score (nSPS) is 12.8. The van der Waals surface area contributed by atoms with Gasteiger partial charge >= 0.3 is 5.97 Å². The highest BCUT2D eigenvalue weighted by Crippen LogP contribution is 2.19. The Bertz CT molecular complexity index is 452. The minimum Gasteiger partial charge on any atom is -0.481 e. The third kappa shape index (κ3) is 6.33. The first-order valence-electron chi connectivity index (χ1n) is 6.63. The molecule has 5 nitrogen and oxygen atoms in total. The zero-order chi connectivity index (χ0) is 15.2. The average Bonchev–Trinajstić information content (AvgIpc) is 2.33. The predicted molar refractivity (Wildman–Crippen MR) is 77.1 cm³/mol. The van der Waals surface area contributed by atoms with E-state index in [0.29, 0.717) is 6.42 Å². The summed E-state index contributed by atoms with van der Waals surface area (Å²) in [6.45, 7) is 3.56. The van der Waals surface area contributed by atoms with Gasteiger partial charge < -0.3 is 16.2 Å². The lowest BCUT2D eigenvalue weighted by Gasteiger charge is -2.22. The number of amides is 1. The number of hydrogen-bond acceptors (Lipinski definition) is 3. The fourth-order valence-electron chi connectivity index (χ4n) is 1.93. The van der Waals surface area contributed by atoms with Crippen molar-refractivity contribution in [3.05, 3.63) is 35.9 Å². The zero-order valence-electron chi connectivity index (χ0n) is 11.9. The molecule has 0 saturated carbocycles. The lowest BCUT2D eigenvalue weighted by atomic mass is 9.99. The second-order valence-corrected chi connectivity index (χ2v) is 5.63. The van der Waals surface area contributed by atoms with Crippen molar-refractivity contribution in [1.29, 1.82) is 0 Å². The molecule has 1 unspecified atom stereocenters. The number of carboxylic acids is 1. The Morgan fingerprint density at radius 1 is 1.30 bits per heavy atom. The van der Waals surface area contributed by atoms with Crippen molar-refractivity contribution in [2.75, 3.05) is 0 Å². The van der Waals surface area contributed by atoms with Crippen LogP contribution in [0.3, 0.4) is 0 Å². The largest absolute Gasteiger partial charge is 0.481 e. The van der Waals surface area contributed by atoms with Crippen LogP contribution in [0.25, 0.3) is 0 Å². The molecule has 0 heterocycles. The van der Waals surface area contributed by atoms with Gasteiger partial charge in [0, 0.05) is 18.4 Å². The van der Waals surface area contributed by atoms with Crippen LogP contribution in [0.2, 0.25) is 0 Å². The van der Waals surface area contributed by atoms with Crippen LogP contribution in [0.1, 0.15) is 44.7 Å². The van der Waals surface area contributed by atoms with Crippen molar-refractivity contribution in [1.82, 2.24) is 5.32 Å². The molecule has 0 aliphatic carbocycles. The minimum absolute atomic E-state index is 0.00581. The van der Waals surface area contributed by atoms with Gasteiger partial charge in [-0.15, -0.1) is 0 Å². The van der Waals surface area contributed by atoms with Crippen molar-refractivity contribution in [3.8, 4) is 0 Å². The van der Waals surface area contributed by atoms with E-state index in [2.05, 4.69) is 5.32 Å². The van der Waals surface area contributed by atoms with Gasteiger partial charge in [0.2, 0.25) is 5.91 Å². The van der Waals surface area contributed by atoms with Crippen molar-refractivity contribution < 1.29 is 14.7 Å². The Morgan fingerprint density at radius 2 is 1.90 bits per heavy atom. The summed E-state index contributed by atoms with van der Waals surface area (Å²) in [7, 11) is 0. The highest BCUT2D eigenvalue weighted by Gasteiger charge is 2.20. The molecule has 20 heavy (non-hydrogen) atoms. The molecule has 1 amide bonds. The van der Waals surface area contributed by atoms with Crippen LogP contribution in [0.5, 0.6) is 0 Å². The first-order valence-corrected chi connectivity index (χ1v) is 6.63. The van der Waals surface area contributed by atoms with Gasteiger partial charge in [-0.1, -0.05) is 30.3 Å². The number of nitrogens with one attached hydrogen (secondary N) is 1. The maximum Gasteiger partial charge on any atom is 0.303 e. The van der Waals surface area contributed by atoms with Crippen LogP contribution < -0.4 is 11.1 Å². The molecule has 0 aliphatic rings. The summed E-state index contributed by atoms with van der Waals surface area (Å²) < 4.78 is 0. The molecule has 5 heteroatoms. The number of carbonyl (C=O) groups excluding carboxylic acids is 1. The van der Waals surface area contributed by atoms with Gasteiger partial charge in [0.25, 0.3) is 0 Å². The smallest absolute Gasteiger partial charge is 0.303 e. The Labute approximate surface area is 119 Å². The minimum atomic E-state index is -0.876. The summed E-state index contributed by atoms with van der Waals surface area (Å²) in [6, 6.07) is 9.05. The Morgan fingerprint density at radius 3 is 2.40 bits per heavy atom. The number of carboxylic acid groups (broad SMARTS) is 1. The molecule has 0 radical (unpaired) electrons. The van der Waals surface area contributed by atoms with E-state index in [1.165, 1.54) is 0 Å². The summed E-state index contributed by atoms with van der Waals surface area (Å²) in [5.41, 5.74) is 6.13. The summed E-state index contributed by atoms with van der Waals surface area (Å²) in [5.74, 6) is -1.05. The van der Waals surface area contributed by atoms with Crippen molar-refractivity contribution in [3.63, 3.8) is 0 Å². The van der Waals surface area contributed by atoms with Crippen LogP contribution in [-0.2, 0) is 9.59 Å². The summed E-state index contributed by atoms with van der Waals surface area (Å²) in [5, 5.41) is 11.7. The molecule has 1 aromatic rings. The number of aliphatic carboxylic acids is 1. The Hall–Kier alpha value is -1.88. The predicted octanol–water partition coefficient (Wildman–Crippen LogP) is 1.84. The van der Waals surface area contributed by atoms with Gasteiger partial charge in [0.05, 0.1) is 6.04 Å². The van der Waals surface area contributed by atoms with E-state index >= 15 is 0 Å². The molecule has 1 aromatic carbocycles. The van der Waals surface area contributed by atoms with E-state index in [-0.39, 0.29) is 24.8 Å². The van der Waals surface area contributed by atoms with Gasteiger partial charge in [-0.2, -0.15) is 0 Å². The van der Waals surface area contributed by atoms with Crippen LogP contribution in [0, 0.1) is 0 Å². The second kappa shape index (κ2) is 7.05. The third-order valence-corrected chi connectivity index (χ3v) is 2.80. The van der Waals surface area contributed by atoms with Crippen LogP contribution in [0.15, 0.2) is 30.3 Å². The van der Waals surface area contributed by atoms with E-state index in [0.717, 1.165) is 5.56 Å². The molecule has 0 bridgehead atoms. The molecule has 110 valence electrons. The number of hydrogen-bond donors (Lipinski definition) is 3. The number of benzene rings is 1. The molecule has 4 N–H and O–H groups in total. The van der Waals surface area contributed by atoms with Crippen LogP contribution in [-0.4, -0.2) is 22.5 Å². The molecular formula is C15H22N2O3. The van der Waals surface area contributed by atoms with Gasteiger partial charge in [-0.3, -0.25) is 9.59 Å². The quantitative estimate of drug-likeness (QED) is 0.709. The first kappa shape index (κ1) is 16.2. The summed E-state index contributed by atoms with van der Waals surface area (Å²) >= 11 is 0. The van der Waals surface area contributed by atoms with E-state index in [9.17, 15) is 9.59 Å². The standard InChI is InChI=1S/C15H22N2O3/c1-15(2,16)10-13(18)17-12(8-9-14(19)20)11-6-4-3-5-7-11/h3-7,12H,8-10,16H2,1-2H3,(H,17,18)(H,19,20). The number of nitrogens with two attached hydrogens (primary N) is 1. The molecule has 0 spiro atoms. The lowest BCUT2D eigenvalue weighted by Crippen LogP contribution is -2.40. The SMILES string of the molecule is CC(C)(N)CC(=O)NC(CCC(=O)O)c1ccccc1. The summed E-state index contributed by atoms with van der Waals surface area (Å²) in [6.07, 6.45) is 0.561. The lowest BCUT2D eigenvalue weighted by molar-refractivity contribution is -0.137. The van der Waals surface area contributed by atoms with E-state index in [1.807, 2.05) is 30.3 Å². The molecule has 1 rings (SSSR count). The number of rotatable bonds is 7. The topological polar surface area (TPSA) is 92.4 Å². The number of carbonyl (C=O) groups is 2. The maximum atomic E-state index is 11.9. The zero-order valence-corrected chi connectivity index (χ0v) is 11.9. The Kier molecular flexibility index (Phi) is 5.70. The molecular weight excluding hydrogens is 256 g/mol. The van der Waals surface area contributed by atoms with E-state index in [4.69, 9.17) is 10.8 Å². The molecule has 1 atom stereocenters. The molecule has 0 saturated heterocycles. The van der Waals surface area contributed by atoms with Gasteiger partial charge in [0.15, 0.2) is 0 Å². The fraction of sp³-hybridized carbons (Fsp3) is 0.467. The van der Waals surface area contributed by atoms with Gasteiger partial charge in [-0.25, -0.2) is 0 Å². The average molecular weight is 278 g/mol. The summed E-state index contributed by atoms with van der Waals surface area (Å²) in [4.78, 5) is 22.7. The Balaban J connectivity index is 2.73. The van der Waals surface area contributed by atoms with E-state index in [1.54, 1.807) is 13.8 Å². The van der Waals surface area contributed by atoms with Crippen LogP contribution in [0.4, 0.5) is 0 Å². The molecule has 0 fully saturated rings. The molecule has 0 aliphatic heterocycles. The van der Waals surface area contributed by atoms with Gasteiger partial charge in [0.1, 0.15) is 0 Å². The molecule has 0 aromatic heterocycles. The third-order valence-electron chi connectivity index (χ3n) is 2.80. The highest BCUT2D eigenvalue weighted by molar-refractivity contribution is 5.77. The van der Waals surface area contributed by atoms with Crippen molar-refractivity contribution in [2.45, 2.75) is 44.7 Å². The highest BCUT2D eigenvalue weighted by atomic mass is 16.4.